The second-order valence-electron chi connectivity index (χ2n) is 4.45. The van der Waals surface area contributed by atoms with Crippen LogP contribution in [0.3, 0.4) is 0 Å². The number of pyridine rings is 1. The van der Waals surface area contributed by atoms with Gasteiger partial charge in [-0.25, -0.2) is 4.98 Å². The molecule has 0 unspecified atom stereocenters. The molecule has 0 fully saturated rings. The predicted octanol–water partition coefficient (Wildman–Crippen LogP) is 1.90. The van der Waals surface area contributed by atoms with Crippen molar-refractivity contribution in [2.75, 3.05) is 20.8 Å². The number of rotatable bonds is 6. The molecule has 0 aliphatic heterocycles. The number of methoxy groups -OCH3 is 2. The smallest absolute Gasteiger partial charge is 0.270 e. The third-order valence-corrected chi connectivity index (χ3v) is 3.38. The van der Waals surface area contributed by atoms with Gasteiger partial charge < -0.3 is 14.8 Å². The van der Waals surface area contributed by atoms with Crippen molar-refractivity contribution in [1.29, 1.82) is 0 Å². The summed E-state index contributed by atoms with van der Waals surface area (Å²) in [6.07, 6.45) is 1.85. The number of imidazole rings is 1. The van der Waals surface area contributed by atoms with Crippen LogP contribution in [0.25, 0.3) is 5.65 Å². The summed E-state index contributed by atoms with van der Waals surface area (Å²) in [5.41, 5.74) is 1.90. The Kier molecular flexibility index (Phi) is 5.17. The monoisotopic (exact) mass is 311 g/mol. The van der Waals surface area contributed by atoms with E-state index in [1.807, 2.05) is 6.92 Å². The zero-order valence-electron chi connectivity index (χ0n) is 12.2. The summed E-state index contributed by atoms with van der Waals surface area (Å²) in [7, 11) is 3.04. The van der Waals surface area contributed by atoms with Crippen LogP contribution in [0.5, 0.6) is 0 Å². The molecule has 2 aromatic heterocycles. The highest BCUT2D eigenvalue weighted by atomic mass is 35.5. The first kappa shape index (κ1) is 15.8. The lowest BCUT2D eigenvalue weighted by molar-refractivity contribution is -0.0974. The fourth-order valence-electron chi connectivity index (χ4n) is 2.08. The molecule has 0 aromatic carbocycles. The van der Waals surface area contributed by atoms with Crippen LogP contribution in [0.2, 0.25) is 5.02 Å². The van der Waals surface area contributed by atoms with E-state index in [1.54, 1.807) is 22.7 Å². The number of nitrogens with zero attached hydrogens (tertiary/aromatic N) is 2. The summed E-state index contributed by atoms with van der Waals surface area (Å²) in [6, 6.07) is 3.53. The molecule has 2 rings (SSSR count). The lowest BCUT2D eigenvalue weighted by Gasteiger charge is -2.14. The van der Waals surface area contributed by atoms with Crippen molar-refractivity contribution in [3.8, 4) is 0 Å². The van der Waals surface area contributed by atoms with Crippen molar-refractivity contribution >= 4 is 23.2 Å². The number of halogens is 1. The normalized spacial score (nSPS) is 11.3. The summed E-state index contributed by atoms with van der Waals surface area (Å²) < 4.78 is 11.8. The van der Waals surface area contributed by atoms with E-state index >= 15 is 0 Å². The second-order valence-corrected chi connectivity index (χ2v) is 4.88. The molecular formula is C14H18ClN3O3. The molecular weight excluding hydrogens is 294 g/mol. The molecule has 0 spiro atoms. The van der Waals surface area contributed by atoms with Crippen LogP contribution in [0.4, 0.5) is 0 Å². The van der Waals surface area contributed by atoms with Crippen molar-refractivity contribution in [2.45, 2.75) is 19.6 Å². The van der Waals surface area contributed by atoms with E-state index in [-0.39, 0.29) is 12.5 Å². The lowest BCUT2D eigenvalue weighted by atomic mass is 10.2. The SMILES string of the molecule is CCc1nc2ccc(Cl)cn2c1C(=O)NCC(OC)OC. The largest absolute Gasteiger partial charge is 0.354 e. The molecule has 0 radical (unpaired) electrons. The molecule has 1 amide bonds. The number of aryl methyl sites for hydroxylation is 1. The molecule has 21 heavy (non-hydrogen) atoms. The Balaban J connectivity index is 2.31. The predicted molar refractivity (Wildman–Crippen MR) is 79.7 cm³/mol. The van der Waals surface area contributed by atoms with Gasteiger partial charge in [0, 0.05) is 20.4 Å². The summed E-state index contributed by atoms with van der Waals surface area (Å²) in [5.74, 6) is -0.235. The van der Waals surface area contributed by atoms with Gasteiger partial charge in [-0.1, -0.05) is 18.5 Å². The maximum absolute atomic E-state index is 12.4. The minimum absolute atomic E-state index is 0.235. The van der Waals surface area contributed by atoms with Gasteiger partial charge in [0.1, 0.15) is 11.3 Å². The van der Waals surface area contributed by atoms with Crippen LogP contribution < -0.4 is 5.32 Å². The number of nitrogens with one attached hydrogen (secondary N) is 1. The first-order chi connectivity index (χ1) is 10.1. The standard InChI is InChI=1S/C14H18ClN3O3/c1-4-10-13(14(19)16-7-12(20-2)21-3)18-8-9(15)5-6-11(18)17-10/h5-6,8,12H,4,7H2,1-3H3,(H,16,19). The Morgan fingerprint density at radius 2 is 2.14 bits per heavy atom. The summed E-state index contributed by atoms with van der Waals surface area (Å²) in [5, 5.41) is 3.33. The number of carbonyl (C=O) groups excluding carboxylic acids is 1. The van der Waals surface area contributed by atoms with Crippen LogP contribution in [0, 0.1) is 0 Å². The second kappa shape index (κ2) is 6.89. The third kappa shape index (κ3) is 3.34. The average Bonchev–Trinajstić information content (AvgIpc) is 2.85. The van der Waals surface area contributed by atoms with Gasteiger partial charge in [0.15, 0.2) is 6.29 Å². The fourth-order valence-corrected chi connectivity index (χ4v) is 2.24. The van der Waals surface area contributed by atoms with Crippen LogP contribution in [-0.4, -0.2) is 42.3 Å². The number of hydrogen-bond acceptors (Lipinski definition) is 4. The van der Waals surface area contributed by atoms with E-state index in [9.17, 15) is 4.79 Å². The molecule has 0 atom stereocenters. The first-order valence-corrected chi connectivity index (χ1v) is 6.98. The highest BCUT2D eigenvalue weighted by molar-refractivity contribution is 6.30. The molecule has 2 aromatic rings. The van der Waals surface area contributed by atoms with Gasteiger partial charge in [0.05, 0.1) is 17.3 Å². The summed E-state index contributed by atoms with van der Waals surface area (Å²) >= 11 is 6.00. The molecule has 6 nitrogen and oxygen atoms in total. The van der Waals surface area contributed by atoms with E-state index in [0.29, 0.717) is 22.8 Å². The molecule has 0 saturated carbocycles. The van der Waals surface area contributed by atoms with Crippen LogP contribution >= 0.6 is 11.6 Å². The molecule has 7 heteroatoms. The molecule has 0 bridgehead atoms. The number of ether oxygens (including phenoxy) is 2. The van der Waals surface area contributed by atoms with Gasteiger partial charge in [-0.05, 0) is 18.6 Å². The van der Waals surface area contributed by atoms with Crippen LogP contribution in [0.1, 0.15) is 23.1 Å². The Bertz CT molecular complexity index is 638. The lowest BCUT2D eigenvalue weighted by Crippen LogP contribution is -2.35. The van der Waals surface area contributed by atoms with E-state index in [2.05, 4.69) is 10.3 Å². The molecule has 0 aliphatic carbocycles. The fraction of sp³-hybridized carbons (Fsp3) is 0.429. The van der Waals surface area contributed by atoms with Crippen molar-refractivity contribution < 1.29 is 14.3 Å². The molecule has 114 valence electrons. The highest BCUT2D eigenvalue weighted by Crippen LogP contribution is 2.17. The number of aromatic nitrogens is 2. The molecule has 1 N–H and O–H groups in total. The van der Waals surface area contributed by atoms with E-state index < -0.39 is 6.29 Å². The van der Waals surface area contributed by atoms with Crippen LogP contribution in [-0.2, 0) is 15.9 Å². The van der Waals surface area contributed by atoms with Gasteiger partial charge in [-0.3, -0.25) is 9.20 Å². The maximum Gasteiger partial charge on any atom is 0.270 e. The Morgan fingerprint density at radius 3 is 2.76 bits per heavy atom. The number of hydrogen-bond donors (Lipinski definition) is 1. The van der Waals surface area contributed by atoms with Crippen molar-refractivity contribution in [1.82, 2.24) is 14.7 Å². The zero-order valence-corrected chi connectivity index (χ0v) is 13.0. The Labute approximate surface area is 128 Å². The van der Waals surface area contributed by atoms with Crippen molar-refractivity contribution in [2.24, 2.45) is 0 Å². The van der Waals surface area contributed by atoms with Gasteiger partial charge in [0.2, 0.25) is 0 Å². The first-order valence-electron chi connectivity index (χ1n) is 6.61. The number of fused-ring (bicyclic) bond motifs is 1. The third-order valence-electron chi connectivity index (χ3n) is 3.16. The van der Waals surface area contributed by atoms with Gasteiger partial charge in [0.25, 0.3) is 5.91 Å². The van der Waals surface area contributed by atoms with Gasteiger partial charge >= 0.3 is 0 Å². The van der Waals surface area contributed by atoms with Crippen molar-refractivity contribution in [3.05, 3.63) is 34.7 Å². The van der Waals surface area contributed by atoms with Gasteiger partial charge in [-0.2, -0.15) is 0 Å². The maximum atomic E-state index is 12.4. The van der Waals surface area contributed by atoms with Gasteiger partial charge in [-0.15, -0.1) is 0 Å². The Morgan fingerprint density at radius 1 is 1.43 bits per heavy atom. The summed E-state index contributed by atoms with van der Waals surface area (Å²) in [6.45, 7) is 2.20. The van der Waals surface area contributed by atoms with E-state index in [4.69, 9.17) is 21.1 Å². The topological polar surface area (TPSA) is 64.9 Å². The quantitative estimate of drug-likeness (QED) is 0.828. The molecule has 0 saturated heterocycles. The zero-order chi connectivity index (χ0) is 15.4. The molecule has 0 aliphatic rings. The number of carbonyl (C=O) groups is 1. The van der Waals surface area contributed by atoms with Crippen molar-refractivity contribution in [3.63, 3.8) is 0 Å². The van der Waals surface area contributed by atoms with E-state index in [0.717, 1.165) is 5.69 Å². The molecule has 2 heterocycles. The average molecular weight is 312 g/mol. The Hall–Kier alpha value is -1.63. The van der Waals surface area contributed by atoms with Crippen LogP contribution in [0.15, 0.2) is 18.3 Å². The summed E-state index contributed by atoms with van der Waals surface area (Å²) in [4.78, 5) is 16.9. The minimum atomic E-state index is -0.484. The minimum Gasteiger partial charge on any atom is -0.354 e. The van der Waals surface area contributed by atoms with E-state index in [1.165, 1.54) is 14.2 Å². The number of amides is 1. The highest BCUT2D eigenvalue weighted by Gasteiger charge is 2.19.